The molecule has 0 aliphatic heterocycles. The fourth-order valence-electron chi connectivity index (χ4n) is 1.48. The summed E-state index contributed by atoms with van der Waals surface area (Å²) in [6.45, 7) is 0. The Morgan fingerprint density at radius 1 is 1.33 bits per heavy atom. The van der Waals surface area contributed by atoms with Crippen molar-refractivity contribution < 1.29 is 9.26 Å². The van der Waals surface area contributed by atoms with Crippen molar-refractivity contribution in [1.82, 2.24) is 5.16 Å². The van der Waals surface area contributed by atoms with Gasteiger partial charge >= 0.3 is 0 Å². The molecular weight excluding hydrogens is 192 g/mol. The minimum atomic E-state index is -0.229. The van der Waals surface area contributed by atoms with E-state index in [4.69, 9.17) is 15.0 Å². The summed E-state index contributed by atoms with van der Waals surface area (Å²) in [5, 5.41) is 3.84. The fourth-order valence-corrected chi connectivity index (χ4v) is 1.48. The molecule has 1 aromatic heterocycles. The second kappa shape index (κ2) is 4.14. The lowest BCUT2D eigenvalue weighted by Crippen LogP contribution is -2.03. The summed E-state index contributed by atoms with van der Waals surface area (Å²) in [4.78, 5) is 0. The van der Waals surface area contributed by atoms with Crippen molar-refractivity contribution >= 4 is 5.88 Å². The molecule has 0 aliphatic carbocycles. The molecule has 2 N–H and O–H groups in total. The molecule has 4 nitrogen and oxygen atoms in total. The van der Waals surface area contributed by atoms with Gasteiger partial charge in [0, 0.05) is 13.2 Å². The maximum absolute atomic E-state index is 5.46. The third kappa shape index (κ3) is 1.99. The molecule has 2 rings (SSSR count). The molecule has 0 saturated heterocycles. The van der Waals surface area contributed by atoms with Crippen molar-refractivity contribution in [3.63, 3.8) is 0 Å². The number of anilines is 1. The Morgan fingerprint density at radius 3 is 2.60 bits per heavy atom. The lowest BCUT2D eigenvalue weighted by molar-refractivity contribution is 0.129. The number of hydrogen-bond acceptors (Lipinski definition) is 4. The van der Waals surface area contributed by atoms with E-state index in [1.165, 1.54) is 0 Å². The smallest absolute Gasteiger partial charge is 0.222 e. The van der Waals surface area contributed by atoms with Crippen LogP contribution in [-0.4, -0.2) is 12.3 Å². The van der Waals surface area contributed by atoms with Crippen molar-refractivity contribution in [3.05, 3.63) is 47.7 Å². The molecule has 1 atom stereocenters. The quantitative estimate of drug-likeness (QED) is 0.830. The highest BCUT2D eigenvalue weighted by atomic mass is 16.5. The first-order valence-electron chi connectivity index (χ1n) is 4.61. The van der Waals surface area contributed by atoms with Gasteiger partial charge in [-0.15, -0.1) is 0 Å². The van der Waals surface area contributed by atoms with Gasteiger partial charge < -0.3 is 15.0 Å². The Labute approximate surface area is 87.6 Å². The predicted octanol–water partition coefficient (Wildman–Crippen LogP) is 1.99. The van der Waals surface area contributed by atoms with Crippen LogP contribution in [0.25, 0.3) is 0 Å². The summed E-state index contributed by atoms with van der Waals surface area (Å²) in [5.41, 5.74) is 7.17. The van der Waals surface area contributed by atoms with Crippen molar-refractivity contribution in [2.45, 2.75) is 6.10 Å². The first-order chi connectivity index (χ1) is 7.31. The first kappa shape index (κ1) is 9.73. The van der Waals surface area contributed by atoms with Crippen LogP contribution in [0.1, 0.15) is 17.4 Å². The molecule has 1 unspecified atom stereocenters. The van der Waals surface area contributed by atoms with E-state index in [9.17, 15) is 0 Å². The van der Waals surface area contributed by atoms with E-state index < -0.39 is 0 Å². The summed E-state index contributed by atoms with van der Waals surface area (Å²) in [7, 11) is 1.63. The highest BCUT2D eigenvalue weighted by Crippen LogP contribution is 2.25. The standard InChI is InChI=1S/C11H12N2O2/c1-14-11(8-5-3-2-4-6-8)9-7-10(12)15-13-9/h2-7,11H,12H2,1H3. The van der Waals surface area contributed by atoms with Crippen molar-refractivity contribution in [1.29, 1.82) is 0 Å². The van der Waals surface area contributed by atoms with Crippen LogP contribution in [0.15, 0.2) is 40.9 Å². The average Bonchev–Trinajstić information content (AvgIpc) is 2.68. The number of aromatic nitrogens is 1. The molecule has 0 spiro atoms. The average molecular weight is 204 g/mol. The summed E-state index contributed by atoms with van der Waals surface area (Å²) < 4.78 is 10.2. The molecule has 0 aliphatic rings. The number of hydrogen-bond donors (Lipinski definition) is 1. The van der Waals surface area contributed by atoms with Gasteiger partial charge in [0.05, 0.1) is 0 Å². The second-order valence-corrected chi connectivity index (χ2v) is 3.18. The topological polar surface area (TPSA) is 61.3 Å². The number of nitrogens with zero attached hydrogens (tertiary/aromatic N) is 1. The summed E-state index contributed by atoms with van der Waals surface area (Å²) >= 11 is 0. The molecule has 2 aromatic rings. The lowest BCUT2D eigenvalue weighted by Gasteiger charge is -2.11. The molecule has 4 heteroatoms. The Morgan fingerprint density at radius 2 is 2.07 bits per heavy atom. The van der Waals surface area contributed by atoms with Gasteiger partial charge in [0.25, 0.3) is 0 Å². The van der Waals surface area contributed by atoms with Gasteiger partial charge in [-0.25, -0.2) is 0 Å². The molecule has 0 fully saturated rings. The van der Waals surface area contributed by atoms with Crippen LogP contribution in [0.5, 0.6) is 0 Å². The van der Waals surface area contributed by atoms with E-state index in [0.29, 0.717) is 11.6 Å². The number of rotatable bonds is 3. The minimum Gasteiger partial charge on any atom is -0.370 e. The number of nitrogen functional groups attached to an aromatic ring is 1. The highest BCUT2D eigenvalue weighted by Gasteiger charge is 2.16. The largest absolute Gasteiger partial charge is 0.370 e. The molecule has 0 bridgehead atoms. The SMILES string of the molecule is COC(c1ccccc1)c1cc(N)on1. The number of benzene rings is 1. The summed E-state index contributed by atoms with van der Waals surface area (Å²) in [6.07, 6.45) is -0.229. The highest BCUT2D eigenvalue weighted by molar-refractivity contribution is 5.31. The van der Waals surface area contributed by atoms with Crippen LogP contribution in [0, 0.1) is 0 Å². The molecular formula is C11H12N2O2. The molecule has 78 valence electrons. The normalized spacial score (nSPS) is 12.6. The van der Waals surface area contributed by atoms with E-state index in [2.05, 4.69) is 5.16 Å². The van der Waals surface area contributed by atoms with Crippen LogP contribution in [0.3, 0.4) is 0 Å². The van der Waals surface area contributed by atoms with Crippen LogP contribution in [-0.2, 0) is 4.74 Å². The monoisotopic (exact) mass is 204 g/mol. The van der Waals surface area contributed by atoms with Gasteiger partial charge in [-0.3, -0.25) is 0 Å². The molecule has 1 heterocycles. The number of nitrogens with two attached hydrogens (primary N) is 1. The number of ether oxygens (including phenoxy) is 1. The Kier molecular flexibility index (Phi) is 2.69. The molecule has 0 radical (unpaired) electrons. The number of methoxy groups -OCH3 is 1. The van der Waals surface area contributed by atoms with Gasteiger partial charge in [0.1, 0.15) is 11.8 Å². The van der Waals surface area contributed by atoms with Crippen molar-refractivity contribution in [2.75, 3.05) is 12.8 Å². The fraction of sp³-hybridized carbons (Fsp3) is 0.182. The van der Waals surface area contributed by atoms with Gasteiger partial charge in [-0.2, -0.15) is 0 Å². The van der Waals surface area contributed by atoms with E-state index >= 15 is 0 Å². The first-order valence-corrected chi connectivity index (χ1v) is 4.61. The van der Waals surface area contributed by atoms with Gasteiger partial charge in [-0.1, -0.05) is 35.5 Å². The van der Waals surface area contributed by atoms with E-state index in [1.807, 2.05) is 30.3 Å². The van der Waals surface area contributed by atoms with Crippen LogP contribution in [0.4, 0.5) is 5.88 Å². The zero-order valence-corrected chi connectivity index (χ0v) is 8.38. The van der Waals surface area contributed by atoms with Crippen LogP contribution in [0.2, 0.25) is 0 Å². The van der Waals surface area contributed by atoms with Crippen LogP contribution >= 0.6 is 0 Å². The van der Waals surface area contributed by atoms with E-state index in [-0.39, 0.29) is 6.10 Å². The zero-order valence-electron chi connectivity index (χ0n) is 8.38. The van der Waals surface area contributed by atoms with Gasteiger partial charge in [-0.05, 0) is 5.56 Å². The summed E-state index contributed by atoms with van der Waals surface area (Å²) in [6, 6.07) is 11.5. The van der Waals surface area contributed by atoms with Crippen molar-refractivity contribution in [3.8, 4) is 0 Å². The molecule has 0 amide bonds. The molecule has 15 heavy (non-hydrogen) atoms. The third-order valence-corrected chi connectivity index (χ3v) is 2.15. The van der Waals surface area contributed by atoms with E-state index in [0.717, 1.165) is 5.56 Å². The third-order valence-electron chi connectivity index (χ3n) is 2.15. The van der Waals surface area contributed by atoms with Gasteiger partial charge in [0.2, 0.25) is 5.88 Å². The Hall–Kier alpha value is -1.81. The molecule has 1 aromatic carbocycles. The second-order valence-electron chi connectivity index (χ2n) is 3.18. The van der Waals surface area contributed by atoms with Gasteiger partial charge in [0.15, 0.2) is 0 Å². The maximum Gasteiger partial charge on any atom is 0.222 e. The Bertz CT molecular complexity index is 425. The Balaban J connectivity index is 2.33. The van der Waals surface area contributed by atoms with E-state index in [1.54, 1.807) is 13.2 Å². The van der Waals surface area contributed by atoms with Crippen molar-refractivity contribution in [2.24, 2.45) is 0 Å². The van der Waals surface area contributed by atoms with Crippen LogP contribution < -0.4 is 5.73 Å². The lowest BCUT2D eigenvalue weighted by atomic mass is 10.1. The molecule has 0 saturated carbocycles. The predicted molar refractivity (Wildman–Crippen MR) is 56.2 cm³/mol. The zero-order chi connectivity index (χ0) is 10.7. The summed E-state index contributed by atoms with van der Waals surface area (Å²) in [5.74, 6) is 0.294. The maximum atomic E-state index is 5.46. The minimum absolute atomic E-state index is 0.229.